The van der Waals surface area contributed by atoms with Gasteiger partial charge in [-0.3, -0.25) is 0 Å². The highest BCUT2D eigenvalue weighted by atomic mass is 16.6. The molecule has 0 radical (unpaired) electrons. The molecule has 2 atom stereocenters. The number of unbranched alkanes of at least 4 members (excludes halogenated alkanes) is 4. The molecule has 1 aromatic rings. The first-order valence-corrected chi connectivity index (χ1v) is 11.7. The summed E-state index contributed by atoms with van der Waals surface area (Å²) in [4.78, 5) is 37.6. The Balaban J connectivity index is 3.11. The number of carboxylic acids is 1. The second-order valence-corrected chi connectivity index (χ2v) is 7.90. The molecule has 0 aliphatic heterocycles. The van der Waals surface area contributed by atoms with Gasteiger partial charge in [-0.2, -0.15) is 0 Å². The van der Waals surface area contributed by atoms with Gasteiger partial charge in [0.1, 0.15) is 12.2 Å². The Morgan fingerprint density at radius 1 is 0.774 bits per heavy atom. The summed E-state index contributed by atoms with van der Waals surface area (Å²) in [6, 6.07) is 4.20. The third-order valence-electron chi connectivity index (χ3n) is 5.44. The number of aromatic carboxylic acids is 1. The molecule has 1 N–H and O–H groups in total. The third kappa shape index (κ3) is 8.72. The lowest BCUT2D eigenvalue weighted by Gasteiger charge is -2.20. The fraction of sp³-hybridized carbons (Fsp3) is 0.640. The van der Waals surface area contributed by atoms with Crippen molar-refractivity contribution in [1.29, 1.82) is 0 Å². The summed E-state index contributed by atoms with van der Waals surface area (Å²) in [6.07, 6.45) is 8.22. The number of carboxylic acid groups (broad SMARTS) is 1. The number of esters is 2. The summed E-state index contributed by atoms with van der Waals surface area (Å²) in [5, 5.41) is 9.60. The van der Waals surface area contributed by atoms with E-state index in [4.69, 9.17) is 9.47 Å². The lowest BCUT2D eigenvalue weighted by atomic mass is 10.00. The number of hydrogen-bond donors (Lipinski definition) is 1. The van der Waals surface area contributed by atoms with Crippen LogP contribution in [0.2, 0.25) is 0 Å². The molecule has 0 spiro atoms. The number of carbonyl (C=O) groups excluding carboxylic acids is 2. The van der Waals surface area contributed by atoms with E-state index in [2.05, 4.69) is 13.8 Å². The number of rotatable bonds is 15. The lowest BCUT2D eigenvalue weighted by Crippen LogP contribution is -2.24. The van der Waals surface area contributed by atoms with Crippen molar-refractivity contribution in [3.05, 3.63) is 34.9 Å². The predicted molar refractivity (Wildman–Crippen MR) is 121 cm³/mol. The minimum atomic E-state index is -1.28. The molecule has 0 fully saturated rings. The van der Waals surface area contributed by atoms with Gasteiger partial charge in [0.15, 0.2) is 0 Å². The second kappa shape index (κ2) is 14.6. The first kappa shape index (κ1) is 26.7. The molecule has 2 unspecified atom stereocenters. The molecule has 1 aromatic carbocycles. The normalized spacial score (nSPS) is 12.8. The van der Waals surface area contributed by atoms with Crippen LogP contribution in [0.5, 0.6) is 0 Å². The first-order valence-electron chi connectivity index (χ1n) is 11.7. The Bertz CT molecular complexity index is 712. The topological polar surface area (TPSA) is 89.9 Å². The molecule has 6 heteroatoms. The van der Waals surface area contributed by atoms with Crippen LogP contribution in [0.15, 0.2) is 18.2 Å². The number of ether oxygens (including phenoxy) is 2. The predicted octanol–water partition coefficient (Wildman–Crippen LogP) is 6.42. The molecule has 6 nitrogen and oxygen atoms in total. The van der Waals surface area contributed by atoms with Gasteiger partial charge < -0.3 is 14.6 Å². The van der Waals surface area contributed by atoms with Crippen molar-refractivity contribution in [1.82, 2.24) is 0 Å². The van der Waals surface area contributed by atoms with E-state index in [9.17, 15) is 19.5 Å². The molecule has 174 valence electrons. The minimum Gasteiger partial charge on any atom is -0.478 e. The zero-order valence-corrected chi connectivity index (χ0v) is 19.4. The molecule has 0 heterocycles. The Labute approximate surface area is 186 Å². The minimum absolute atomic E-state index is 0.0535. The van der Waals surface area contributed by atoms with Gasteiger partial charge in [-0.25, -0.2) is 14.4 Å². The highest BCUT2D eigenvalue weighted by Crippen LogP contribution is 2.22. The van der Waals surface area contributed by atoms with E-state index < -0.39 is 17.9 Å². The van der Waals surface area contributed by atoms with E-state index in [0.717, 1.165) is 44.9 Å². The molecule has 31 heavy (non-hydrogen) atoms. The van der Waals surface area contributed by atoms with Gasteiger partial charge in [0.05, 0.1) is 16.7 Å². The van der Waals surface area contributed by atoms with Gasteiger partial charge in [-0.15, -0.1) is 0 Å². The van der Waals surface area contributed by atoms with Gasteiger partial charge in [-0.05, 0) is 50.7 Å². The standard InChI is InChI=1S/C25H38O6/c1-5-9-11-14-18(7-3)30-24(28)21-17-13-16-20(23(26)27)22(21)25(29)31-19(8-4)15-12-10-6-2/h13,16-19H,5-12,14-15H2,1-4H3,(H,26,27). The Kier molecular flexibility index (Phi) is 12.6. The SMILES string of the molecule is CCCCCC(CC)OC(=O)c1cccc(C(=O)O)c1C(=O)OC(CC)CCCCC. The van der Waals surface area contributed by atoms with E-state index in [1.54, 1.807) is 0 Å². The lowest BCUT2D eigenvalue weighted by molar-refractivity contribution is 0.0216. The number of benzene rings is 1. The summed E-state index contributed by atoms with van der Waals surface area (Å²) < 4.78 is 11.2. The van der Waals surface area contributed by atoms with E-state index in [0.29, 0.717) is 19.3 Å². The van der Waals surface area contributed by atoms with E-state index in [-0.39, 0.29) is 28.9 Å². The van der Waals surface area contributed by atoms with Crippen LogP contribution in [0, 0.1) is 0 Å². The summed E-state index contributed by atoms with van der Waals surface area (Å²) in [6.45, 7) is 8.06. The largest absolute Gasteiger partial charge is 0.478 e. The molecule has 0 saturated heterocycles. The van der Waals surface area contributed by atoms with E-state index >= 15 is 0 Å². The monoisotopic (exact) mass is 434 g/mol. The Morgan fingerprint density at radius 3 is 1.71 bits per heavy atom. The van der Waals surface area contributed by atoms with Crippen LogP contribution in [0.25, 0.3) is 0 Å². The van der Waals surface area contributed by atoms with Crippen molar-refractivity contribution < 1.29 is 29.0 Å². The van der Waals surface area contributed by atoms with Crippen molar-refractivity contribution in [2.24, 2.45) is 0 Å². The van der Waals surface area contributed by atoms with Gasteiger partial charge in [0.2, 0.25) is 0 Å². The molecule has 1 rings (SSSR count). The van der Waals surface area contributed by atoms with Crippen LogP contribution < -0.4 is 0 Å². The van der Waals surface area contributed by atoms with Crippen LogP contribution in [0.3, 0.4) is 0 Å². The van der Waals surface area contributed by atoms with Crippen molar-refractivity contribution in [2.75, 3.05) is 0 Å². The summed E-state index contributed by atoms with van der Waals surface area (Å²) in [5.74, 6) is -2.75. The van der Waals surface area contributed by atoms with Crippen molar-refractivity contribution in [2.45, 2.75) is 104 Å². The van der Waals surface area contributed by atoms with E-state index in [1.807, 2.05) is 13.8 Å². The molecular formula is C25H38O6. The van der Waals surface area contributed by atoms with E-state index in [1.165, 1.54) is 18.2 Å². The smallest absolute Gasteiger partial charge is 0.340 e. The highest BCUT2D eigenvalue weighted by Gasteiger charge is 2.28. The average Bonchev–Trinajstić information content (AvgIpc) is 2.77. The first-order chi connectivity index (χ1) is 14.9. The number of carbonyl (C=O) groups is 3. The molecular weight excluding hydrogens is 396 g/mol. The second-order valence-electron chi connectivity index (χ2n) is 7.90. The summed E-state index contributed by atoms with van der Waals surface area (Å²) in [7, 11) is 0. The quantitative estimate of drug-likeness (QED) is 0.253. The Morgan fingerprint density at radius 2 is 1.26 bits per heavy atom. The van der Waals surface area contributed by atoms with Crippen molar-refractivity contribution in [3.8, 4) is 0 Å². The summed E-state index contributed by atoms with van der Waals surface area (Å²) >= 11 is 0. The maximum atomic E-state index is 13.0. The number of hydrogen-bond acceptors (Lipinski definition) is 5. The van der Waals surface area contributed by atoms with Crippen LogP contribution in [0.1, 0.15) is 123 Å². The zero-order chi connectivity index (χ0) is 23.2. The summed E-state index contributed by atoms with van der Waals surface area (Å²) in [5.41, 5.74) is -0.526. The van der Waals surface area contributed by atoms with Gasteiger partial charge >= 0.3 is 17.9 Å². The molecule has 0 aliphatic rings. The molecule has 0 aromatic heterocycles. The third-order valence-corrected chi connectivity index (χ3v) is 5.44. The molecule has 0 aliphatic carbocycles. The van der Waals surface area contributed by atoms with Crippen LogP contribution in [-0.4, -0.2) is 35.2 Å². The van der Waals surface area contributed by atoms with Crippen molar-refractivity contribution >= 4 is 17.9 Å². The van der Waals surface area contributed by atoms with Gasteiger partial charge in [-0.1, -0.05) is 59.4 Å². The molecule has 0 bridgehead atoms. The maximum Gasteiger partial charge on any atom is 0.340 e. The fourth-order valence-electron chi connectivity index (χ4n) is 3.48. The maximum absolute atomic E-state index is 13.0. The Hall–Kier alpha value is -2.37. The molecule has 0 amide bonds. The van der Waals surface area contributed by atoms with Crippen molar-refractivity contribution in [3.63, 3.8) is 0 Å². The zero-order valence-electron chi connectivity index (χ0n) is 19.4. The van der Waals surface area contributed by atoms with Gasteiger partial charge in [0.25, 0.3) is 0 Å². The average molecular weight is 435 g/mol. The highest BCUT2D eigenvalue weighted by molar-refractivity contribution is 6.10. The van der Waals surface area contributed by atoms with Crippen LogP contribution >= 0.6 is 0 Å². The fourth-order valence-corrected chi connectivity index (χ4v) is 3.48. The van der Waals surface area contributed by atoms with Crippen LogP contribution in [0.4, 0.5) is 0 Å². The van der Waals surface area contributed by atoms with Crippen LogP contribution in [-0.2, 0) is 9.47 Å². The van der Waals surface area contributed by atoms with Gasteiger partial charge in [0, 0.05) is 0 Å². The molecule has 0 saturated carbocycles.